The topological polar surface area (TPSA) is 79.5 Å². The summed E-state index contributed by atoms with van der Waals surface area (Å²) in [6, 6.07) is 11.2. The molecule has 1 heterocycles. The first kappa shape index (κ1) is 15.1. The van der Waals surface area contributed by atoms with Crippen LogP contribution in [-0.4, -0.2) is 17.0 Å². The van der Waals surface area contributed by atoms with E-state index in [1.54, 1.807) is 37.3 Å². The number of carboxylic acid groups (broad SMARTS) is 1. The van der Waals surface area contributed by atoms with E-state index in [1.807, 2.05) is 0 Å². The number of halogens is 1. The summed E-state index contributed by atoms with van der Waals surface area (Å²) < 4.78 is 5.49. The number of carbonyl (C=O) groups is 2. The van der Waals surface area contributed by atoms with Crippen molar-refractivity contribution < 1.29 is 19.1 Å². The minimum absolute atomic E-state index is 0.0993. The number of furan rings is 1. The summed E-state index contributed by atoms with van der Waals surface area (Å²) in [4.78, 5) is 23.3. The second-order valence-electron chi connectivity index (χ2n) is 5.08. The van der Waals surface area contributed by atoms with Gasteiger partial charge in [-0.3, -0.25) is 4.79 Å². The van der Waals surface area contributed by atoms with Crippen molar-refractivity contribution in [3.63, 3.8) is 0 Å². The van der Waals surface area contributed by atoms with E-state index < -0.39 is 11.9 Å². The smallest absolute Gasteiger partial charge is 0.335 e. The summed E-state index contributed by atoms with van der Waals surface area (Å²) in [7, 11) is 0. The Labute approximate surface area is 136 Å². The molecule has 0 bridgehead atoms. The zero-order chi connectivity index (χ0) is 16.6. The molecular weight excluding hydrogens is 318 g/mol. The zero-order valence-corrected chi connectivity index (χ0v) is 12.8. The van der Waals surface area contributed by atoms with Crippen LogP contribution in [0, 0.1) is 6.92 Å². The zero-order valence-electron chi connectivity index (χ0n) is 12.1. The van der Waals surface area contributed by atoms with E-state index in [9.17, 15) is 9.59 Å². The molecule has 0 aliphatic carbocycles. The van der Waals surface area contributed by atoms with Crippen molar-refractivity contribution in [1.82, 2.24) is 0 Å². The average molecular weight is 330 g/mol. The highest BCUT2D eigenvalue weighted by atomic mass is 35.5. The van der Waals surface area contributed by atoms with Crippen LogP contribution >= 0.6 is 11.6 Å². The number of fused-ring (bicyclic) bond motifs is 1. The van der Waals surface area contributed by atoms with Crippen LogP contribution in [0.15, 0.2) is 46.9 Å². The molecule has 1 amide bonds. The van der Waals surface area contributed by atoms with Gasteiger partial charge in [0, 0.05) is 16.1 Å². The van der Waals surface area contributed by atoms with E-state index in [4.69, 9.17) is 21.1 Å². The second-order valence-corrected chi connectivity index (χ2v) is 5.52. The molecule has 0 radical (unpaired) electrons. The number of nitrogens with one attached hydrogen (secondary N) is 1. The number of aryl methyl sites for hydroxylation is 1. The fourth-order valence-corrected chi connectivity index (χ4v) is 2.38. The second kappa shape index (κ2) is 5.78. The molecule has 3 rings (SSSR count). The Hall–Kier alpha value is -2.79. The van der Waals surface area contributed by atoms with Crippen molar-refractivity contribution in [3.8, 4) is 0 Å². The molecule has 2 aromatic carbocycles. The van der Waals surface area contributed by atoms with Gasteiger partial charge < -0.3 is 14.8 Å². The summed E-state index contributed by atoms with van der Waals surface area (Å²) in [5, 5.41) is 13.0. The third kappa shape index (κ3) is 3.05. The average Bonchev–Trinajstić information content (AvgIpc) is 2.92. The van der Waals surface area contributed by atoms with Gasteiger partial charge in [-0.25, -0.2) is 4.79 Å². The SMILES string of the molecule is Cc1ccc(C(=O)O)cc1NC(=O)c1cc2cc(Cl)ccc2o1. The van der Waals surface area contributed by atoms with Crippen molar-refractivity contribution in [2.75, 3.05) is 5.32 Å². The highest BCUT2D eigenvalue weighted by Gasteiger charge is 2.15. The van der Waals surface area contributed by atoms with Crippen molar-refractivity contribution in [3.05, 3.63) is 64.4 Å². The Bertz CT molecular complexity index is 929. The Kier molecular flexibility index (Phi) is 3.80. The quantitative estimate of drug-likeness (QED) is 0.749. The summed E-state index contributed by atoms with van der Waals surface area (Å²) in [6.07, 6.45) is 0. The van der Waals surface area contributed by atoms with Gasteiger partial charge in [0.25, 0.3) is 5.91 Å². The molecule has 0 atom stereocenters. The van der Waals surface area contributed by atoms with Gasteiger partial charge in [-0.05, 0) is 48.9 Å². The molecule has 5 nitrogen and oxygen atoms in total. The Morgan fingerprint density at radius 2 is 1.91 bits per heavy atom. The first-order valence-corrected chi connectivity index (χ1v) is 7.16. The summed E-state index contributed by atoms with van der Waals surface area (Å²) in [5.41, 5.74) is 1.83. The summed E-state index contributed by atoms with van der Waals surface area (Å²) in [6.45, 7) is 1.78. The summed E-state index contributed by atoms with van der Waals surface area (Å²) in [5.74, 6) is -1.38. The molecule has 6 heteroatoms. The predicted molar refractivity (Wildman–Crippen MR) is 87.3 cm³/mol. The Morgan fingerprint density at radius 3 is 2.65 bits per heavy atom. The van der Waals surface area contributed by atoms with Crippen molar-refractivity contribution >= 4 is 40.1 Å². The number of rotatable bonds is 3. The van der Waals surface area contributed by atoms with E-state index in [1.165, 1.54) is 12.1 Å². The lowest BCUT2D eigenvalue weighted by molar-refractivity contribution is 0.0696. The number of carbonyl (C=O) groups excluding carboxylic acids is 1. The fraction of sp³-hybridized carbons (Fsp3) is 0.0588. The minimum atomic E-state index is -1.06. The standard InChI is InChI=1S/C17H12ClNO4/c1-9-2-3-10(17(21)22)7-13(9)19-16(20)15-8-11-6-12(18)4-5-14(11)23-15/h2-8H,1H3,(H,19,20)(H,21,22). The maximum Gasteiger partial charge on any atom is 0.335 e. The van der Waals surface area contributed by atoms with Gasteiger partial charge in [0.1, 0.15) is 5.58 Å². The lowest BCUT2D eigenvalue weighted by Gasteiger charge is -2.08. The number of anilines is 1. The first-order chi connectivity index (χ1) is 10.9. The summed E-state index contributed by atoms with van der Waals surface area (Å²) >= 11 is 5.91. The van der Waals surface area contributed by atoms with Gasteiger partial charge in [0.05, 0.1) is 5.56 Å². The van der Waals surface area contributed by atoms with Gasteiger partial charge in [-0.15, -0.1) is 0 Å². The van der Waals surface area contributed by atoms with Crippen molar-refractivity contribution in [2.24, 2.45) is 0 Å². The molecule has 0 saturated heterocycles. The maximum atomic E-state index is 12.3. The number of hydrogen-bond donors (Lipinski definition) is 2. The first-order valence-electron chi connectivity index (χ1n) is 6.78. The lowest BCUT2D eigenvalue weighted by atomic mass is 10.1. The van der Waals surface area contributed by atoms with Crippen LogP contribution in [0.4, 0.5) is 5.69 Å². The van der Waals surface area contributed by atoms with Crippen molar-refractivity contribution in [1.29, 1.82) is 0 Å². The predicted octanol–water partition coefficient (Wildman–Crippen LogP) is 4.35. The largest absolute Gasteiger partial charge is 0.478 e. The molecule has 3 aromatic rings. The third-order valence-corrected chi connectivity index (χ3v) is 3.67. The van der Waals surface area contributed by atoms with Crippen LogP contribution in [0.3, 0.4) is 0 Å². The lowest BCUT2D eigenvalue weighted by Crippen LogP contribution is -2.12. The molecule has 0 aliphatic heterocycles. The fourth-order valence-electron chi connectivity index (χ4n) is 2.20. The monoisotopic (exact) mass is 329 g/mol. The van der Waals surface area contributed by atoms with Crippen LogP contribution in [0.25, 0.3) is 11.0 Å². The molecular formula is C17H12ClNO4. The molecule has 0 saturated carbocycles. The number of aromatic carboxylic acids is 1. The third-order valence-electron chi connectivity index (χ3n) is 3.43. The normalized spacial score (nSPS) is 10.7. The van der Waals surface area contributed by atoms with Gasteiger partial charge in [-0.1, -0.05) is 17.7 Å². The van der Waals surface area contributed by atoms with E-state index in [0.29, 0.717) is 16.3 Å². The molecule has 0 fully saturated rings. The van der Waals surface area contributed by atoms with Crippen LogP contribution in [0.1, 0.15) is 26.5 Å². The molecule has 2 N–H and O–H groups in total. The molecule has 0 unspecified atom stereocenters. The van der Waals surface area contributed by atoms with Crippen LogP contribution in [0.5, 0.6) is 0 Å². The molecule has 1 aromatic heterocycles. The molecule has 0 aliphatic rings. The van der Waals surface area contributed by atoms with E-state index >= 15 is 0 Å². The van der Waals surface area contributed by atoms with Crippen LogP contribution in [0.2, 0.25) is 5.02 Å². The van der Waals surface area contributed by atoms with Gasteiger partial charge in [0.15, 0.2) is 5.76 Å². The number of benzene rings is 2. The highest BCUT2D eigenvalue weighted by Crippen LogP contribution is 2.24. The number of hydrogen-bond acceptors (Lipinski definition) is 3. The van der Waals surface area contributed by atoms with Gasteiger partial charge >= 0.3 is 5.97 Å². The Balaban J connectivity index is 1.91. The van der Waals surface area contributed by atoms with Crippen LogP contribution in [-0.2, 0) is 0 Å². The highest BCUT2D eigenvalue weighted by molar-refractivity contribution is 6.31. The molecule has 23 heavy (non-hydrogen) atoms. The maximum absolute atomic E-state index is 12.3. The van der Waals surface area contributed by atoms with Crippen molar-refractivity contribution in [2.45, 2.75) is 6.92 Å². The van der Waals surface area contributed by atoms with Gasteiger partial charge in [0.2, 0.25) is 0 Å². The van der Waals surface area contributed by atoms with Crippen LogP contribution < -0.4 is 5.32 Å². The van der Waals surface area contributed by atoms with E-state index in [-0.39, 0.29) is 11.3 Å². The number of amides is 1. The van der Waals surface area contributed by atoms with Gasteiger partial charge in [-0.2, -0.15) is 0 Å². The number of carboxylic acids is 1. The molecule has 0 spiro atoms. The van der Waals surface area contributed by atoms with E-state index in [2.05, 4.69) is 5.32 Å². The molecule has 116 valence electrons. The minimum Gasteiger partial charge on any atom is -0.478 e. The Morgan fingerprint density at radius 1 is 1.13 bits per heavy atom. The van der Waals surface area contributed by atoms with E-state index in [0.717, 1.165) is 10.9 Å².